The molecular weight excluding hydrogens is 320 g/mol. The van der Waals surface area contributed by atoms with Gasteiger partial charge in [-0.05, 0) is 49.4 Å². The van der Waals surface area contributed by atoms with E-state index in [2.05, 4.69) is 10.6 Å². The van der Waals surface area contributed by atoms with Crippen molar-refractivity contribution in [2.45, 2.75) is 46.1 Å². The summed E-state index contributed by atoms with van der Waals surface area (Å²) in [6.45, 7) is 7.52. The summed E-state index contributed by atoms with van der Waals surface area (Å²) >= 11 is 0. The van der Waals surface area contributed by atoms with Crippen molar-refractivity contribution in [2.24, 2.45) is 17.8 Å². The van der Waals surface area contributed by atoms with Crippen molar-refractivity contribution in [3.63, 3.8) is 0 Å². The number of anilines is 1. The molecule has 3 atom stereocenters. The molecule has 3 N–H and O–H groups in total. The van der Waals surface area contributed by atoms with Crippen LogP contribution in [0.5, 0.6) is 0 Å². The van der Waals surface area contributed by atoms with Gasteiger partial charge in [0.15, 0.2) is 0 Å². The Bertz CT molecular complexity index is 669. The third-order valence-corrected chi connectivity index (χ3v) is 5.05. The summed E-state index contributed by atoms with van der Waals surface area (Å²) in [5, 5.41) is 14.8. The fourth-order valence-corrected chi connectivity index (χ4v) is 2.67. The van der Waals surface area contributed by atoms with Gasteiger partial charge in [0.05, 0.1) is 12.0 Å². The average molecular weight is 346 g/mol. The minimum absolute atomic E-state index is 0.0125. The minimum Gasteiger partial charge on any atom is -0.481 e. The summed E-state index contributed by atoms with van der Waals surface area (Å²) in [4.78, 5) is 35.4. The van der Waals surface area contributed by atoms with E-state index in [1.54, 1.807) is 31.2 Å². The van der Waals surface area contributed by atoms with Gasteiger partial charge in [-0.25, -0.2) is 0 Å². The number of aliphatic carboxylic acids is 1. The molecule has 6 heteroatoms. The minimum atomic E-state index is -0.955. The van der Waals surface area contributed by atoms with Crippen LogP contribution in [0.2, 0.25) is 0 Å². The Kier molecular flexibility index (Phi) is 5.50. The Hall–Kier alpha value is -2.37. The van der Waals surface area contributed by atoms with Gasteiger partial charge in [-0.3, -0.25) is 14.4 Å². The highest BCUT2D eigenvalue weighted by molar-refractivity contribution is 5.97. The van der Waals surface area contributed by atoms with Crippen molar-refractivity contribution < 1.29 is 19.5 Å². The third-order valence-electron chi connectivity index (χ3n) is 5.05. The van der Waals surface area contributed by atoms with E-state index in [4.69, 9.17) is 5.11 Å². The molecule has 1 aliphatic carbocycles. The maximum atomic E-state index is 12.4. The number of carboxylic acid groups (broad SMARTS) is 1. The van der Waals surface area contributed by atoms with Crippen LogP contribution in [0.4, 0.5) is 5.69 Å². The summed E-state index contributed by atoms with van der Waals surface area (Å²) in [7, 11) is 0. The molecule has 1 aromatic carbocycles. The maximum absolute atomic E-state index is 12.4. The molecule has 0 spiro atoms. The number of nitrogens with one attached hydrogen (secondary N) is 2. The smallest absolute Gasteiger partial charge is 0.305 e. The van der Waals surface area contributed by atoms with E-state index >= 15 is 0 Å². The quantitative estimate of drug-likeness (QED) is 0.707. The molecule has 3 unspecified atom stereocenters. The Balaban J connectivity index is 2.01. The van der Waals surface area contributed by atoms with Gasteiger partial charge in [0.25, 0.3) is 5.91 Å². The molecule has 25 heavy (non-hydrogen) atoms. The standard InChI is InChI=1S/C19H26N2O4/c1-11(2)19(4,10-16(22)23)21-17(24)13-5-7-14(8-6-13)20-18(25)15-9-12(15)3/h5-8,11-12,15H,9-10H2,1-4H3,(H,20,25)(H,21,24)(H,22,23). The number of carboxylic acids is 1. The highest BCUT2D eigenvalue weighted by Gasteiger charge is 2.39. The first-order valence-electron chi connectivity index (χ1n) is 8.57. The van der Waals surface area contributed by atoms with Crippen LogP contribution in [-0.4, -0.2) is 28.4 Å². The largest absolute Gasteiger partial charge is 0.481 e. The summed E-state index contributed by atoms with van der Waals surface area (Å²) in [5.41, 5.74) is 0.241. The summed E-state index contributed by atoms with van der Waals surface area (Å²) < 4.78 is 0. The van der Waals surface area contributed by atoms with Crippen molar-refractivity contribution in [2.75, 3.05) is 5.32 Å². The molecule has 2 amide bonds. The first-order chi connectivity index (χ1) is 11.6. The molecule has 0 bridgehead atoms. The fourth-order valence-electron chi connectivity index (χ4n) is 2.67. The van der Waals surface area contributed by atoms with Crippen molar-refractivity contribution in [3.05, 3.63) is 29.8 Å². The van der Waals surface area contributed by atoms with Crippen LogP contribution in [0.1, 0.15) is 50.9 Å². The number of rotatable bonds is 7. The SMILES string of the molecule is CC1CC1C(=O)Nc1ccc(C(=O)NC(C)(CC(=O)O)C(C)C)cc1. The number of hydrogen-bond donors (Lipinski definition) is 3. The van der Waals surface area contributed by atoms with Gasteiger partial charge >= 0.3 is 5.97 Å². The normalized spacial score (nSPS) is 21.3. The van der Waals surface area contributed by atoms with Gasteiger partial charge in [-0.15, -0.1) is 0 Å². The van der Waals surface area contributed by atoms with E-state index in [1.807, 2.05) is 20.8 Å². The van der Waals surface area contributed by atoms with E-state index in [1.165, 1.54) is 0 Å². The van der Waals surface area contributed by atoms with Gasteiger partial charge in [0, 0.05) is 17.2 Å². The molecule has 1 saturated carbocycles. The van der Waals surface area contributed by atoms with Crippen LogP contribution >= 0.6 is 0 Å². The van der Waals surface area contributed by atoms with Crippen LogP contribution in [0.25, 0.3) is 0 Å². The number of hydrogen-bond acceptors (Lipinski definition) is 3. The first-order valence-corrected chi connectivity index (χ1v) is 8.57. The Labute approximate surface area is 148 Å². The van der Waals surface area contributed by atoms with E-state index in [0.717, 1.165) is 6.42 Å². The molecule has 136 valence electrons. The lowest BCUT2D eigenvalue weighted by Gasteiger charge is -2.33. The van der Waals surface area contributed by atoms with E-state index < -0.39 is 11.5 Å². The molecule has 1 aromatic rings. The molecule has 2 rings (SSSR count). The second-order valence-corrected chi connectivity index (χ2v) is 7.48. The second-order valence-electron chi connectivity index (χ2n) is 7.48. The molecule has 0 heterocycles. The highest BCUT2D eigenvalue weighted by Crippen LogP contribution is 2.38. The van der Waals surface area contributed by atoms with Gasteiger partial charge in [0.2, 0.25) is 5.91 Å². The zero-order chi connectivity index (χ0) is 18.8. The Morgan fingerprint density at radius 3 is 2.24 bits per heavy atom. The topological polar surface area (TPSA) is 95.5 Å². The number of carbonyl (C=O) groups is 3. The zero-order valence-corrected chi connectivity index (χ0v) is 15.1. The lowest BCUT2D eigenvalue weighted by atomic mass is 9.85. The fraction of sp³-hybridized carbons (Fsp3) is 0.526. The van der Waals surface area contributed by atoms with Crippen LogP contribution in [0.3, 0.4) is 0 Å². The Morgan fingerprint density at radius 1 is 1.24 bits per heavy atom. The molecule has 1 fully saturated rings. The van der Waals surface area contributed by atoms with Crippen molar-refractivity contribution in [3.8, 4) is 0 Å². The van der Waals surface area contributed by atoms with Gasteiger partial charge in [-0.2, -0.15) is 0 Å². The lowest BCUT2D eigenvalue weighted by Crippen LogP contribution is -2.51. The second kappa shape index (κ2) is 7.25. The number of amides is 2. The summed E-state index contributed by atoms with van der Waals surface area (Å²) in [6, 6.07) is 6.62. The van der Waals surface area contributed by atoms with E-state index in [0.29, 0.717) is 17.2 Å². The monoisotopic (exact) mass is 346 g/mol. The van der Waals surface area contributed by atoms with E-state index in [-0.39, 0.29) is 30.1 Å². The lowest BCUT2D eigenvalue weighted by molar-refractivity contribution is -0.139. The maximum Gasteiger partial charge on any atom is 0.305 e. The highest BCUT2D eigenvalue weighted by atomic mass is 16.4. The van der Waals surface area contributed by atoms with Gasteiger partial charge in [-0.1, -0.05) is 20.8 Å². The molecule has 6 nitrogen and oxygen atoms in total. The predicted octanol–water partition coefficient (Wildman–Crippen LogP) is 2.90. The van der Waals surface area contributed by atoms with Crippen molar-refractivity contribution >= 4 is 23.5 Å². The molecular formula is C19H26N2O4. The first kappa shape index (κ1) is 19.0. The zero-order valence-electron chi connectivity index (χ0n) is 15.1. The van der Waals surface area contributed by atoms with Crippen LogP contribution in [0, 0.1) is 17.8 Å². The number of benzene rings is 1. The summed E-state index contributed by atoms with van der Waals surface area (Å²) in [5.74, 6) is -0.779. The van der Waals surface area contributed by atoms with Crippen LogP contribution < -0.4 is 10.6 Å². The predicted molar refractivity (Wildman–Crippen MR) is 95.3 cm³/mol. The summed E-state index contributed by atoms with van der Waals surface area (Å²) in [6.07, 6.45) is 0.772. The average Bonchev–Trinajstić information content (AvgIpc) is 3.24. The van der Waals surface area contributed by atoms with Crippen molar-refractivity contribution in [1.29, 1.82) is 0 Å². The molecule has 0 aliphatic heterocycles. The van der Waals surface area contributed by atoms with Gasteiger partial charge < -0.3 is 15.7 Å². The molecule has 0 radical (unpaired) electrons. The van der Waals surface area contributed by atoms with E-state index in [9.17, 15) is 14.4 Å². The molecule has 0 aromatic heterocycles. The van der Waals surface area contributed by atoms with Gasteiger partial charge in [0.1, 0.15) is 0 Å². The van der Waals surface area contributed by atoms with Crippen LogP contribution in [-0.2, 0) is 9.59 Å². The molecule has 1 aliphatic rings. The Morgan fingerprint density at radius 2 is 1.80 bits per heavy atom. The third kappa shape index (κ3) is 4.81. The van der Waals surface area contributed by atoms with Crippen LogP contribution in [0.15, 0.2) is 24.3 Å². The van der Waals surface area contributed by atoms with Crippen molar-refractivity contribution in [1.82, 2.24) is 5.32 Å². The number of carbonyl (C=O) groups excluding carboxylic acids is 2. The molecule has 0 saturated heterocycles.